The average molecular weight is 266 g/mol. The van der Waals surface area contributed by atoms with E-state index in [0.717, 1.165) is 12.1 Å². The molecule has 0 atom stereocenters. The van der Waals surface area contributed by atoms with Crippen LogP contribution in [0.25, 0.3) is 0 Å². The molecule has 2 rings (SSSR count). The second-order valence-corrected chi connectivity index (χ2v) is 5.72. The van der Waals surface area contributed by atoms with Crippen LogP contribution >= 0.6 is 0 Å². The quantitative estimate of drug-likeness (QED) is 0.859. The van der Waals surface area contributed by atoms with Crippen LogP contribution in [0.3, 0.4) is 0 Å². The van der Waals surface area contributed by atoms with Crippen molar-refractivity contribution in [3.05, 3.63) is 29.6 Å². The van der Waals surface area contributed by atoms with Crippen molar-refractivity contribution in [2.24, 2.45) is 0 Å². The summed E-state index contributed by atoms with van der Waals surface area (Å²) in [5.74, 6) is -0.841. The predicted octanol–water partition coefficient (Wildman–Crippen LogP) is 2.50. The number of rotatable bonds is 5. The first-order chi connectivity index (χ1) is 9.03. The number of phenolic OH excluding ortho intramolecular Hbond substituents is 1. The monoisotopic (exact) mass is 266 g/mol. The molecule has 0 saturated heterocycles. The Labute approximate surface area is 114 Å². The normalized spacial score (nSPS) is 18.1. The standard InChI is InChI=1S/C15H23FN2O/c1-18(2)15(7-3-4-8-15)11-17-10-12-5-6-14(19)13(16)9-12/h5-6,9,17,19H,3-4,7-8,10-11H2,1-2H3. The molecule has 0 spiro atoms. The molecular weight excluding hydrogens is 243 g/mol. The van der Waals surface area contributed by atoms with Crippen LogP contribution in [0.4, 0.5) is 4.39 Å². The molecule has 0 aliphatic heterocycles. The molecule has 1 aliphatic rings. The maximum Gasteiger partial charge on any atom is 0.165 e. The number of phenols is 1. The summed E-state index contributed by atoms with van der Waals surface area (Å²) in [6.07, 6.45) is 5.01. The van der Waals surface area contributed by atoms with Gasteiger partial charge in [0.25, 0.3) is 0 Å². The molecule has 1 aromatic carbocycles. The third-order valence-corrected chi connectivity index (χ3v) is 4.28. The van der Waals surface area contributed by atoms with Gasteiger partial charge in [0.15, 0.2) is 11.6 Å². The van der Waals surface area contributed by atoms with Crippen molar-refractivity contribution in [1.29, 1.82) is 0 Å². The Bertz CT molecular complexity index is 428. The van der Waals surface area contributed by atoms with Gasteiger partial charge in [-0.15, -0.1) is 0 Å². The van der Waals surface area contributed by atoms with Gasteiger partial charge in [-0.3, -0.25) is 0 Å². The molecule has 0 aromatic heterocycles. The molecule has 0 amide bonds. The van der Waals surface area contributed by atoms with Gasteiger partial charge >= 0.3 is 0 Å². The number of nitrogens with one attached hydrogen (secondary N) is 1. The number of benzene rings is 1. The van der Waals surface area contributed by atoms with E-state index in [1.807, 2.05) is 0 Å². The third-order valence-electron chi connectivity index (χ3n) is 4.28. The zero-order valence-corrected chi connectivity index (χ0v) is 11.7. The molecule has 106 valence electrons. The number of hydrogen-bond donors (Lipinski definition) is 2. The average Bonchev–Trinajstić information content (AvgIpc) is 2.84. The van der Waals surface area contributed by atoms with Crippen LogP contribution in [0.1, 0.15) is 31.2 Å². The van der Waals surface area contributed by atoms with Crippen LogP contribution in [0.5, 0.6) is 5.75 Å². The Hall–Kier alpha value is -1.13. The largest absolute Gasteiger partial charge is 0.505 e. The van der Waals surface area contributed by atoms with Gasteiger partial charge in [-0.25, -0.2) is 4.39 Å². The van der Waals surface area contributed by atoms with E-state index in [4.69, 9.17) is 5.11 Å². The van der Waals surface area contributed by atoms with Crippen molar-refractivity contribution in [2.75, 3.05) is 20.6 Å². The first kappa shape index (κ1) is 14.3. The number of likely N-dealkylation sites (N-methyl/N-ethyl adjacent to an activating group) is 1. The van der Waals surface area contributed by atoms with Crippen LogP contribution in [0.2, 0.25) is 0 Å². The van der Waals surface area contributed by atoms with Crippen LogP contribution in [0, 0.1) is 5.82 Å². The van der Waals surface area contributed by atoms with Crippen molar-refractivity contribution in [1.82, 2.24) is 10.2 Å². The minimum Gasteiger partial charge on any atom is -0.505 e. The van der Waals surface area contributed by atoms with E-state index in [0.29, 0.717) is 6.54 Å². The first-order valence-electron chi connectivity index (χ1n) is 6.89. The van der Waals surface area contributed by atoms with Gasteiger partial charge in [0.2, 0.25) is 0 Å². The summed E-state index contributed by atoms with van der Waals surface area (Å²) < 4.78 is 13.2. The molecule has 2 N–H and O–H groups in total. The summed E-state index contributed by atoms with van der Waals surface area (Å²) in [6.45, 7) is 1.55. The predicted molar refractivity (Wildman–Crippen MR) is 74.7 cm³/mol. The first-order valence-corrected chi connectivity index (χ1v) is 6.89. The Balaban J connectivity index is 1.90. The van der Waals surface area contributed by atoms with Gasteiger partial charge < -0.3 is 15.3 Å². The van der Waals surface area contributed by atoms with E-state index < -0.39 is 5.82 Å². The van der Waals surface area contributed by atoms with E-state index in [9.17, 15) is 4.39 Å². The molecule has 0 unspecified atom stereocenters. The minimum absolute atomic E-state index is 0.245. The maximum atomic E-state index is 13.2. The Morgan fingerprint density at radius 2 is 2.00 bits per heavy atom. The van der Waals surface area contributed by atoms with Crippen LogP contribution < -0.4 is 5.32 Å². The molecule has 0 heterocycles. The summed E-state index contributed by atoms with van der Waals surface area (Å²) in [5, 5.41) is 12.6. The molecule has 1 aliphatic carbocycles. The number of nitrogens with zero attached hydrogens (tertiary/aromatic N) is 1. The highest BCUT2D eigenvalue weighted by Gasteiger charge is 2.35. The number of hydrogen-bond acceptors (Lipinski definition) is 3. The highest BCUT2D eigenvalue weighted by atomic mass is 19.1. The lowest BCUT2D eigenvalue weighted by atomic mass is 9.96. The Morgan fingerprint density at radius 3 is 2.58 bits per heavy atom. The highest BCUT2D eigenvalue weighted by molar-refractivity contribution is 5.27. The van der Waals surface area contributed by atoms with E-state index in [1.165, 1.54) is 37.8 Å². The fourth-order valence-electron chi connectivity index (χ4n) is 2.92. The van der Waals surface area contributed by atoms with Gasteiger partial charge in [-0.05, 0) is 44.6 Å². The van der Waals surface area contributed by atoms with Crippen molar-refractivity contribution in [2.45, 2.75) is 37.8 Å². The Morgan fingerprint density at radius 1 is 1.32 bits per heavy atom. The smallest absolute Gasteiger partial charge is 0.165 e. The van der Waals surface area contributed by atoms with Crippen LogP contribution in [0.15, 0.2) is 18.2 Å². The molecule has 1 saturated carbocycles. The molecule has 4 heteroatoms. The fourth-order valence-corrected chi connectivity index (χ4v) is 2.92. The highest BCUT2D eigenvalue weighted by Crippen LogP contribution is 2.33. The summed E-state index contributed by atoms with van der Waals surface area (Å²) >= 11 is 0. The SMILES string of the molecule is CN(C)C1(CNCc2ccc(O)c(F)c2)CCCC1. The van der Waals surface area contributed by atoms with Gasteiger partial charge in [0, 0.05) is 18.6 Å². The molecular formula is C15H23FN2O. The topological polar surface area (TPSA) is 35.5 Å². The molecule has 1 fully saturated rings. The third kappa shape index (κ3) is 3.25. The zero-order valence-electron chi connectivity index (χ0n) is 11.7. The molecule has 19 heavy (non-hydrogen) atoms. The number of aromatic hydroxyl groups is 1. The summed E-state index contributed by atoms with van der Waals surface area (Å²) in [4.78, 5) is 2.31. The molecule has 0 bridgehead atoms. The minimum atomic E-state index is -0.553. The zero-order chi connectivity index (χ0) is 13.9. The summed E-state index contributed by atoms with van der Waals surface area (Å²) in [5.41, 5.74) is 1.11. The number of halogens is 1. The van der Waals surface area contributed by atoms with Gasteiger partial charge in [-0.1, -0.05) is 18.9 Å². The van der Waals surface area contributed by atoms with E-state index in [2.05, 4.69) is 24.3 Å². The molecule has 1 aromatic rings. The van der Waals surface area contributed by atoms with Crippen molar-refractivity contribution >= 4 is 0 Å². The van der Waals surface area contributed by atoms with Crippen LogP contribution in [-0.2, 0) is 6.54 Å². The van der Waals surface area contributed by atoms with Gasteiger partial charge in [0.05, 0.1) is 0 Å². The van der Waals surface area contributed by atoms with Crippen LogP contribution in [-0.4, -0.2) is 36.2 Å². The molecule has 3 nitrogen and oxygen atoms in total. The van der Waals surface area contributed by atoms with E-state index >= 15 is 0 Å². The summed E-state index contributed by atoms with van der Waals surface area (Å²) in [7, 11) is 4.26. The van der Waals surface area contributed by atoms with Crippen molar-refractivity contribution in [3.8, 4) is 5.75 Å². The van der Waals surface area contributed by atoms with Crippen molar-refractivity contribution in [3.63, 3.8) is 0 Å². The lowest BCUT2D eigenvalue weighted by Crippen LogP contribution is -2.49. The Kier molecular flexibility index (Phi) is 4.42. The fraction of sp³-hybridized carbons (Fsp3) is 0.600. The van der Waals surface area contributed by atoms with Crippen molar-refractivity contribution < 1.29 is 9.50 Å². The second kappa shape index (κ2) is 5.88. The lowest BCUT2D eigenvalue weighted by Gasteiger charge is -2.36. The van der Waals surface area contributed by atoms with E-state index in [1.54, 1.807) is 6.07 Å². The van der Waals surface area contributed by atoms with Gasteiger partial charge in [-0.2, -0.15) is 0 Å². The second-order valence-electron chi connectivity index (χ2n) is 5.72. The van der Waals surface area contributed by atoms with E-state index in [-0.39, 0.29) is 11.3 Å². The van der Waals surface area contributed by atoms with Gasteiger partial charge in [0.1, 0.15) is 0 Å². The lowest BCUT2D eigenvalue weighted by molar-refractivity contribution is 0.153. The summed E-state index contributed by atoms with van der Waals surface area (Å²) in [6, 6.07) is 4.55. The molecule has 0 radical (unpaired) electrons. The maximum absolute atomic E-state index is 13.2.